The molecule has 0 radical (unpaired) electrons. The summed E-state index contributed by atoms with van der Waals surface area (Å²) in [6.07, 6.45) is 8.57. The van der Waals surface area contributed by atoms with Crippen molar-refractivity contribution in [3.05, 3.63) is 48.5 Å². The molecule has 0 spiro atoms. The van der Waals surface area contributed by atoms with Crippen LogP contribution in [0.5, 0.6) is 0 Å². The van der Waals surface area contributed by atoms with Gasteiger partial charge in [-0.05, 0) is 30.7 Å². The smallest absolute Gasteiger partial charge is 0.0347 e. The van der Waals surface area contributed by atoms with Crippen LogP contribution >= 0.6 is 0 Å². The summed E-state index contributed by atoms with van der Waals surface area (Å²) in [6.45, 7) is 4.07. The molecular formula is C14H17N3. The average molecular weight is 227 g/mol. The van der Waals surface area contributed by atoms with Crippen LogP contribution < -0.4 is 5.32 Å². The number of hydrogen-bond donors (Lipinski definition) is 1. The summed E-state index contributed by atoms with van der Waals surface area (Å²) in [7, 11) is 0. The highest BCUT2D eigenvalue weighted by Crippen LogP contribution is 2.17. The fourth-order valence-corrected chi connectivity index (χ4v) is 1.69. The van der Waals surface area contributed by atoms with Crippen molar-refractivity contribution in [2.45, 2.75) is 19.9 Å². The Morgan fingerprint density at radius 2 is 2.00 bits per heavy atom. The third-order valence-electron chi connectivity index (χ3n) is 2.55. The maximum absolute atomic E-state index is 4.27. The number of nitrogens with zero attached hydrogens (tertiary/aromatic N) is 2. The van der Waals surface area contributed by atoms with Crippen molar-refractivity contribution in [3.63, 3.8) is 0 Å². The van der Waals surface area contributed by atoms with Gasteiger partial charge in [-0.1, -0.05) is 13.0 Å². The number of pyridine rings is 2. The Bertz CT molecular complexity index is 454. The van der Waals surface area contributed by atoms with Crippen LogP contribution in [0.1, 0.15) is 18.9 Å². The summed E-state index contributed by atoms with van der Waals surface area (Å²) in [5.41, 5.74) is 3.44. The van der Waals surface area contributed by atoms with Crippen LogP contribution in [0.3, 0.4) is 0 Å². The molecule has 0 aromatic carbocycles. The summed E-state index contributed by atoms with van der Waals surface area (Å²) >= 11 is 0. The van der Waals surface area contributed by atoms with E-state index >= 15 is 0 Å². The van der Waals surface area contributed by atoms with E-state index in [9.17, 15) is 0 Å². The van der Waals surface area contributed by atoms with E-state index in [-0.39, 0.29) is 0 Å². The predicted molar refractivity (Wildman–Crippen MR) is 69.5 cm³/mol. The van der Waals surface area contributed by atoms with Crippen LogP contribution in [0, 0.1) is 0 Å². The summed E-state index contributed by atoms with van der Waals surface area (Å²) in [4.78, 5) is 8.39. The molecule has 0 aliphatic rings. The monoisotopic (exact) mass is 227 g/mol. The first-order valence-electron chi connectivity index (χ1n) is 5.95. The molecule has 0 aliphatic heterocycles. The molecule has 0 saturated carbocycles. The van der Waals surface area contributed by atoms with Gasteiger partial charge in [0.05, 0.1) is 0 Å². The topological polar surface area (TPSA) is 37.8 Å². The van der Waals surface area contributed by atoms with E-state index in [1.165, 1.54) is 5.56 Å². The molecule has 0 fully saturated rings. The number of rotatable bonds is 5. The lowest BCUT2D eigenvalue weighted by molar-refractivity contribution is 0.674. The second-order valence-corrected chi connectivity index (χ2v) is 4.00. The standard InChI is InChI=1S/C14H17N3/c1-2-5-15-8-12-7-14(11-17-9-12)13-4-3-6-16-10-13/h3-4,6-7,9-11,15H,2,5,8H2,1H3. The van der Waals surface area contributed by atoms with Crippen molar-refractivity contribution in [1.29, 1.82) is 0 Å². The van der Waals surface area contributed by atoms with Gasteiger partial charge in [-0.2, -0.15) is 0 Å². The van der Waals surface area contributed by atoms with E-state index in [1.807, 2.05) is 30.7 Å². The highest BCUT2D eigenvalue weighted by molar-refractivity contribution is 5.61. The summed E-state index contributed by atoms with van der Waals surface area (Å²) in [5, 5.41) is 3.37. The molecule has 3 heteroatoms. The normalized spacial score (nSPS) is 10.4. The molecule has 0 atom stereocenters. The van der Waals surface area contributed by atoms with E-state index in [2.05, 4.69) is 28.3 Å². The van der Waals surface area contributed by atoms with Gasteiger partial charge in [0.1, 0.15) is 0 Å². The van der Waals surface area contributed by atoms with Crippen molar-refractivity contribution in [1.82, 2.24) is 15.3 Å². The fraction of sp³-hybridized carbons (Fsp3) is 0.286. The third-order valence-corrected chi connectivity index (χ3v) is 2.55. The molecule has 88 valence electrons. The molecule has 0 amide bonds. The van der Waals surface area contributed by atoms with Crippen molar-refractivity contribution in [3.8, 4) is 11.1 Å². The Hall–Kier alpha value is -1.74. The van der Waals surface area contributed by atoms with Gasteiger partial charge in [0, 0.05) is 42.5 Å². The maximum atomic E-state index is 4.27. The average Bonchev–Trinajstić information content (AvgIpc) is 2.41. The molecule has 0 bridgehead atoms. The number of nitrogens with one attached hydrogen (secondary N) is 1. The summed E-state index contributed by atoms with van der Waals surface area (Å²) < 4.78 is 0. The van der Waals surface area contributed by atoms with E-state index in [1.54, 1.807) is 6.20 Å². The molecule has 2 heterocycles. The second-order valence-electron chi connectivity index (χ2n) is 4.00. The Kier molecular flexibility index (Phi) is 4.22. The van der Waals surface area contributed by atoms with Crippen molar-refractivity contribution < 1.29 is 0 Å². The number of aromatic nitrogens is 2. The number of hydrogen-bond acceptors (Lipinski definition) is 3. The summed E-state index contributed by atoms with van der Waals surface area (Å²) in [5.74, 6) is 0. The Labute approximate surface area is 102 Å². The minimum atomic E-state index is 0.870. The molecule has 2 aromatic rings. The van der Waals surface area contributed by atoms with Crippen LogP contribution in [0.4, 0.5) is 0 Å². The van der Waals surface area contributed by atoms with Gasteiger partial charge in [-0.3, -0.25) is 9.97 Å². The van der Waals surface area contributed by atoms with E-state index in [0.29, 0.717) is 0 Å². The van der Waals surface area contributed by atoms with Crippen LogP contribution in [0.25, 0.3) is 11.1 Å². The quantitative estimate of drug-likeness (QED) is 0.798. The molecule has 1 N–H and O–H groups in total. The highest BCUT2D eigenvalue weighted by Gasteiger charge is 1.99. The van der Waals surface area contributed by atoms with Crippen molar-refractivity contribution >= 4 is 0 Å². The van der Waals surface area contributed by atoms with Gasteiger partial charge in [0.2, 0.25) is 0 Å². The zero-order chi connectivity index (χ0) is 11.9. The van der Waals surface area contributed by atoms with E-state index in [4.69, 9.17) is 0 Å². The van der Waals surface area contributed by atoms with Gasteiger partial charge < -0.3 is 5.32 Å². The molecule has 0 aliphatic carbocycles. The molecule has 0 unspecified atom stereocenters. The van der Waals surface area contributed by atoms with Crippen LogP contribution in [-0.2, 0) is 6.54 Å². The molecule has 0 saturated heterocycles. The first kappa shape index (κ1) is 11.7. The van der Waals surface area contributed by atoms with Crippen LogP contribution in [-0.4, -0.2) is 16.5 Å². The van der Waals surface area contributed by atoms with Gasteiger partial charge in [0.25, 0.3) is 0 Å². The Balaban J connectivity index is 2.12. The summed E-state index contributed by atoms with van der Waals surface area (Å²) in [6, 6.07) is 6.15. The minimum Gasteiger partial charge on any atom is -0.313 e. The third kappa shape index (κ3) is 3.36. The second kappa shape index (κ2) is 6.11. The first-order chi connectivity index (χ1) is 8.40. The van der Waals surface area contributed by atoms with Crippen LogP contribution in [0.15, 0.2) is 43.0 Å². The van der Waals surface area contributed by atoms with Crippen LogP contribution in [0.2, 0.25) is 0 Å². The Morgan fingerprint density at radius 1 is 1.12 bits per heavy atom. The van der Waals surface area contributed by atoms with Gasteiger partial charge in [0.15, 0.2) is 0 Å². The maximum Gasteiger partial charge on any atom is 0.0347 e. The zero-order valence-electron chi connectivity index (χ0n) is 10.1. The fourth-order valence-electron chi connectivity index (χ4n) is 1.69. The van der Waals surface area contributed by atoms with Gasteiger partial charge in [-0.25, -0.2) is 0 Å². The minimum absolute atomic E-state index is 0.870. The lowest BCUT2D eigenvalue weighted by Gasteiger charge is -2.05. The molecule has 17 heavy (non-hydrogen) atoms. The molecular weight excluding hydrogens is 210 g/mol. The predicted octanol–water partition coefficient (Wildman–Crippen LogP) is 2.64. The van der Waals surface area contributed by atoms with Crippen molar-refractivity contribution in [2.75, 3.05) is 6.54 Å². The largest absolute Gasteiger partial charge is 0.313 e. The van der Waals surface area contributed by atoms with Crippen molar-refractivity contribution in [2.24, 2.45) is 0 Å². The lowest BCUT2D eigenvalue weighted by Crippen LogP contribution is -2.13. The van der Waals surface area contributed by atoms with Gasteiger partial charge in [-0.15, -0.1) is 0 Å². The van der Waals surface area contributed by atoms with E-state index in [0.717, 1.165) is 30.6 Å². The van der Waals surface area contributed by atoms with E-state index < -0.39 is 0 Å². The molecule has 2 aromatic heterocycles. The van der Waals surface area contributed by atoms with Gasteiger partial charge >= 0.3 is 0 Å². The Morgan fingerprint density at radius 3 is 2.76 bits per heavy atom. The molecule has 2 rings (SSSR count). The zero-order valence-corrected chi connectivity index (χ0v) is 10.1. The SMILES string of the molecule is CCCNCc1cncc(-c2cccnc2)c1. The molecule has 3 nitrogen and oxygen atoms in total. The first-order valence-corrected chi connectivity index (χ1v) is 5.95. The highest BCUT2D eigenvalue weighted by atomic mass is 14.8. The lowest BCUT2D eigenvalue weighted by atomic mass is 10.1.